The smallest absolute Gasteiger partial charge is 0.407 e. The van der Waals surface area contributed by atoms with Crippen molar-refractivity contribution in [2.24, 2.45) is 11.8 Å². The van der Waals surface area contributed by atoms with Crippen molar-refractivity contribution in [1.82, 2.24) is 44.9 Å². The largest absolute Gasteiger partial charge is 0.465 e. The molecule has 0 saturated carbocycles. The zero-order valence-electron chi connectivity index (χ0n) is 38.0. The summed E-state index contributed by atoms with van der Waals surface area (Å²) in [6, 6.07) is 20.8. The number of carbonyl (C=O) groups is 4. The van der Waals surface area contributed by atoms with Gasteiger partial charge in [0.2, 0.25) is 18.0 Å². The van der Waals surface area contributed by atoms with E-state index >= 15 is 8.78 Å². The molecule has 6 heterocycles. The fraction of sp³-hybridized carbons (Fsp3) is 0.388. The third-order valence-electron chi connectivity index (χ3n) is 13.0. The Balaban J connectivity index is 1.01. The number of imidazole rings is 2. The average Bonchev–Trinajstić information content (AvgIpc) is 4.18. The molecule has 2 fully saturated rings. The lowest BCUT2D eigenvalue weighted by Gasteiger charge is -2.30. The minimum Gasteiger partial charge on any atom is -0.465 e. The van der Waals surface area contributed by atoms with Crippen molar-refractivity contribution in [3.05, 3.63) is 102 Å². The number of amides is 4. The number of rotatable bonds is 11. The molecule has 0 aliphatic carbocycles. The number of alkyl carbamates (subject to hydrolysis) is 2. The summed E-state index contributed by atoms with van der Waals surface area (Å²) in [6.07, 6.45) is 2.22. The van der Waals surface area contributed by atoms with Crippen LogP contribution in [0, 0.1) is 11.8 Å². The Kier molecular flexibility index (Phi) is 12.0. The quantitative estimate of drug-likeness (QED) is 0.0990. The van der Waals surface area contributed by atoms with Crippen LogP contribution >= 0.6 is 0 Å². The van der Waals surface area contributed by atoms with Crippen LogP contribution in [0.5, 0.6) is 5.75 Å². The van der Waals surface area contributed by atoms with E-state index in [4.69, 9.17) is 19.2 Å². The van der Waals surface area contributed by atoms with Crippen LogP contribution in [0.4, 0.5) is 18.4 Å². The summed E-state index contributed by atoms with van der Waals surface area (Å²) in [5, 5.41) is 6.10. The van der Waals surface area contributed by atoms with Crippen molar-refractivity contribution in [3.63, 3.8) is 0 Å². The van der Waals surface area contributed by atoms with Gasteiger partial charge in [-0.2, -0.15) is 0 Å². The number of fused-ring (bicyclic) bond motifs is 5. The maximum atomic E-state index is 15.1. The van der Waals surface area contributed by atoms with Crippen LogP contribution in [0.3, 0.4) is 0 Å². The Morgan fingerprint density at radius 3 is 2.00 bits per heavy atom. The summed E-state index contributed by atoms with van der Waals surface area (Å²) in [4.78, 5) is 70.5. The number of methoxy groups -OCH3 is 2. The Labute approximate surface area is 385 Å². The summed E-state index contributed by atoms with van der Waals surface area (Å²) in [6.45, 7) is 6.94. The molecule has 3 aromatic heterocycles. The third kappa shape index (κ3) is 8.55. The molecule has 1 unspecified atom stereocenters. The SMILES string of the molecule is COC(=O)N[C@H](C(=O)N1CCC[C@H]1c1ncc(-c2ccc3c(c2)OC(c2ccccc2)n2c-3cc3cc(-c4cnc([C@@H]5CC(F)(F)CN5C(=O)[C@@H](NC(=O)OC)C(C)C)[nH]4)ccc32)[nH]1)C(C)C. The predicted octanol–water partition coefficient (Wildman–Crippen LogP) is 8.36. The molecule has 0 radical (unpaired) electrons. The first-order valence-electron chi connectivity index (χ1n) is 22.4. The average molecular weight is 918 g/mol. The lowest BCUT2D eigenvalue weighted by atomic mass is 10.0. The Morgan fingerprint density at radius 2 is 1.37 bits per heavy atom. The van der Waals surface area contributed by atoms with E-state index in [9.17, 15) is 19.2 Å². The van der Waals surface area contributed by atoms with Crippen molar-refractivity contribution < 1.29 is 42.2 Å². The number of ether oxygens (including phenoxy) is 3. The molecule has 2 saturated heterocycles. The molecule has 350 valence electrons. The van der Waals surface area contributed by atoms with E-state index < -0.39 is 67.3 Å². The van der Waals surface area contributed by atoms with Gasteiger partial charge in [0.15, 0.2) is 0 Å². The highest BCUT2D eigenvalue weighted by Gasteiger charge is 2.50. The molecular weight excluding hydrogens is 865 g/mol. The maximum Gasteiger partial charge on any atom is 0.407 e. The van der Waals surface area contributed by atoms with Gasteiger partial charge in [0.05, 0.1) is 67.8 Å². The fourth-order valence-electron chi connectivity index (χ4n) is 9.54. The summed E-state index contributed by atoms with van der Waals surface area (Å²) >= 11 is 0. The standard InChI is InChI=1S/C49H53F2N9O7/c1-26(2)40(56-47(63)65-5)44(61)58-18-10-13-36(58)42-52-24-34(54-42)30-14-16-32-37-20-31-19-29(15-17-35(31)60(37)46(67-39(32)21-30)28-11-8-7-9-12-28)33-23-53-43(55-33)38-22-49(50,51)25-59(38)45(62)41(27(3)4)57-48(64)66-6/h7-9,11-12,14-17,19-21,23-24,26-27,36,38,40-41,46H,10,13,18,22,25H2,1-6H3,(H,52,54)(H,53,55)(H,56,63)(H,57,64)/t36-,38-,40-,41-,46?/m0/s1. The molecule has 4 N–H and O–H groups in total. The van der Waals surface area contributed by atoms with Gasteiger partial charge in [-0.15, -0.1) is 0 Å². The van der Waals surface area contributed by atoms with E-state index in [2.05, 4.69) is 36.2 Å². The molecule has 0 spiro atoms. The van der Waals surface area contributed by atoms with Gasteiger partial charge in [-0.25, -0.2) is 28.3 Å². The number of carbonyl (C=O) groups excluding carboxylic acids is 4. The number of nitrogens with zero attached hydrogens (tertiary/aromatic N) is 5. The van der Waals surface area contributed by atoms with Gasteiger partial charge in [-0.1, -0.05) is 70.2 Å². The topological polar surface area (TPSA) is 189 Å². The zero-order valence-corrected chi connectivity index (χ0v) is 38.0. The van der Waals surface area contributed by atoms with Crippen LogP contribution in [0.2, 0.25) is 0 Å². The van der Waals surface area contributed by atoms with Crippen LogP contribution in [0.1, 0.15) is 82.5 Å². The number of halogens is 2. The van der Waals surface area contributed by atoms with Gasteiger partial charge < -0.3 is 49.2 Å². The number of likely N-dealkylation sites (tertiary alicyclic amines) is 2. The second-order valence-electron chi connectivity index (χ2n) is 18.1. The van der Waals surface area contributed by atoms with Gasteiger partial charge in [-0.3, -0.25) is 9.59 Å². The maximum absolute atomic E-state index is 15.1. The first-order chi connectivity index (χ1) is 32.1. The molecular formula is C49H53F2N9O7. The molecule has 67 heavy (non-hydrogen) atoms. The molecule has 3 aliphatic heterocycles. The molecule has 3 aliphatic rings. The number of aromatic nitrogens is 5. The van der Waals surface area contributed by atoms with E-state index in [1.807, 2.05) is 80.6 Å². The first kappa shape index (κ1) is 44.9. The van der Waals surface area contributed by atoms with Crippen molar-refractivity contribution in [3.8, 4) is 39.5 Å². The number of benzene rings is 3. The molecule has 16 nitrogen and oxygen atoms in total. The van der Waals surface area contributed by atoms with Crippen LogP contribution in [0.15, 0.2) is 85.2 Å². The normalized spacial score (nSPS) is 19.5. The fourth-order valence-corrected chi connectivity index (χ4v) is 9.54. The van der Waals surface area contributed by atoms with Crippen LogP contribution in [-0.2, 0) is 19.1 Å². The minimum absolute atomic E-state index is 0.155. The molecule has 18 heteroatoms. The minimum atomic E-state index is -3.16. The summed E-state index contributed by atoms with van der Waals surface area (Å²) in [5.74, 6) is -3.01. The molecule has 0 bridgehead atoms. The monoisotopic (exact) mass is 917 g/mol. The predicted molar refractivity (Wildman–Crippen MR) is 244 cm³/mol. The van der Waals surface area contributed by atoms with Crippen LogP contribution in [0.25, 0.3) is 44.7 Å². The molecule has 6 aromatic rings. The molecule has 3 aromatic carbocycles. The third-order valence-corrected chi connectivity index (χ3v) is 13.0. The van der Waals surface area contributed by atoms with Gasteiger partial charge >= 0.3 is 12.2 Å². The highest BCUT2D eigenvalue weighted by atomic mass is 19.3. The first-order valence-corrected chi connectivity index (χ1v) is 22.4. The Bertz CT molecular complexity index is 2840. The van der Waals surface area contributed by atoms with E-state index in [-0.39, 0.29) is 23.7 Å². The van der Waals surface area contributed by atoms with E-state index in [1.165, 1.54) is 14.2 Å². The van der Waals surface area contributed by atoms with Crippen molar-refractivity contribution >= 4 is 34.9 Å². The number of hydrogen-bond donors (Lipinski definition) is 4. The van der Waals surface area contributed by atoms with Crippen LogP contribution in [-0.4, -0.2) is 104 Å². The van der Waals surface area contributed by atoms with Gasteiger partial charge in [0.25, 0.3) is 5.92 Å². The summed E-state index contributed by atoms with van der Waals surface area (Å²) in [5.41, 5.74) is 6.57. The summed E-state index contributed by atoms with van der Waals surface area (Å²) < 4.78 is 48.6. The second-order valence-corrected chi connectivity index (χ2v) is 18.1. The van der Waals surface area contributed by atoms with E-state index in [1.54, 1.807) is 31.1 Å². The van der Waals surface area contributed by atoms with E-state index in [0.29, 0.717) is 23.8 Å². The van der Waals surface area contributed by atoms with Crippen LogP contribution < -0.4 is 15.4 Å². The lowest BCUT2D eigenvalue weighted by Crippen LogP contribution is -2.51. The Morgan fingerprint density at radius 1 is 0.776 bits per heavy atom. The van der Waals surface area contributed by atoms with E-state index in [0.717, 1.165) is 62.3 Å². The van der Waals surface area contributed by atoms with Gasteiger partial charge in [-0.05, 0) is 55.0 Å². The lowest BCUT2D eigenvalue weighted by molar-refractivity contribution is -0.137. The van der Waals surface area contributed by atoms with Crippen molar-refractivity contribution in [1.29, 1.82) is 0 Å². The zero-order chi connectivity index (χ0) is 47.3. The number of alkyl halides is 2. The summed E-state index contributed by atoms with van der Waals surface area (Å²) in [7, 11) is 2.45. The highest BCUT2D eigenvalue weighted by Crippen LogP contribution is 2.47. The second kappa shape index (κ2) is 17.9. The molecule has 5 atom stereocenters. The van der Waals surface area contributed by atoms with Gasteiger partial charge in [0.1, 0.15) is 29.5 Å². The highest BCUT2D eigenvalue weighted by molar-refractivity contribution is 5.93. The van der Waals surface area contributed by atoms with Crippen molar-refractivity contribution in [2.45, 2.75) is 83.3 Å². The molecule has 4 amide bonds. The number of H-pyrrole nitrogens is 2. The van der Waals surface area contributed by atoms with Crippen molar-refractivity contribution in [2.75, 3.05) is 27.3 Å². The number of nitrogens with one attached hydrogen (secondary N) is 4. The van der Waals surface area contributed by atoms with Gasteiger partial charge in [0, 0.05) is 40.6 Å². The molecule has 9 rings (SSSR count). The Hall–Kier alpha value is -7.24. The number of aromatic amines is 2. The number of hydrogen-bond acceptors (Lipinski definition) is 9.